The lowest BCUT2D eigenvalue weighted by atomic mass is 10.2. The zero-order valence-corrected chi connectivity index (χ0v) is 6.56. The molecule has 0 saturated heterocycles. The highest BCUT2D eigenvalue weighted by molar-refractivity contribution is 5.25. The molecule has 0 heterocycles. The number of hydrogen-bond donors (Lipinski definition) is 1. The second kappa shape index (κ2) is 3.66. The van der Waals surface area contributed by atoms with Gasteiger partial charge in [0, 0.05) is 12.6 Å². The van der Waals surface area contributed by atoms with Gasteiger partial charge in [-0.15, -0.1) is 13.2 Å². The van der Waals surface area contributed by atoms with Gasteiger partial charge in [0.05, 0.1) is 0 Å². The van der Waals surface area contributed by atoms with E-state index in [9.17, 15) is 13.2 Å². The fourth-order valence-electron chi connectivity index (χ4n) is 0.758. The van der Waals surface area contributed by atoms with Crippen LogP contribution in [0.2, 0.25) is 0 Å². The van der Waals surface area contributed by atoms with Crippen LogP contribution in [0, 0.1) is 6.07 Å². The van der Waals surface area contributed by atoms with Crippen LogP contribution in [-0.2, 0) is 6.54 Å². The van der Waals surface area contributed by atoms with Crippen molar-refractivity contribution < 1.29 is 17.9 Å². The molecule has 2 nitrogen and oxygen atoms in total. The van der Waals surface area contributed by atoms with E-state index in [1.54, 1.807) is 0 Å². The first kappa shape index (κ1) is 9.85. The summed E-state index contributed by atoms with van der Waals surface area (Å²) in [4.78, 5) is 0. The van der Waals surface area contributed by atoms with Gasteiger partial charge in [0.1, 0.15) is 5.75 Å². The summed E-state index contributed by atoms with van der Waals surface area (Å²) in [6, 6.07) is 6.32. The second-order valence-corrected chi connectivity index (χ2v) is 2.31. The molecule has 13 heavy (non-hydrogen) atoms. The third-order valence-electron chi connectivity index (χ3n) is 1.31. The number of benzene rings is 1. The summed E-state index contributed by atoms with van der Waals surface area (Å²) in [6.07, 6.45) is -4.67. The van der Waals surface area contributed by atoms with Crippen LogP contribution in [0.5, 0.6) is 5.75 Å². The van der Waals surface area contributed by atoms with E-state index in [1.165, 1.54) is 18.2 Å². The predicted molar refractivity (Wildman–Crippen MR) is 39.9 cm³/mol. The Morgan fingerprint density at radius 3 is 2.46 bits per heavy atom. The lowest BCUT2D eigenvalue weighted by Crippen LogP contribution is -2.17. The first-order chi connectivity index (χ1) is 6.01. The second-order valence-electron chi connectivity index (χ2n) is 2.31. The predicted octanol–water partition coefficient (Wildman–Crippen LogP) is 1.84. The number of nitrogens with two attached hydrogens (primary N) is 1. The van der Waals surface area contributed by atoms with E-state index in [4.69, 9.17) is 5.73 Å². The minimum Gasteiger partial charge on any atom is -0.405 e. The molecule has 0 amide bonds. The molecule has 1 radical (unpaired) electrons. The lowest BCUT2D eigenvalue weighted by Gasteiger charge is -2.08. The maximum Gasteiger partial charge on any atom is 0.573 e. The third-order valence-corrected chi connectivity index (χ3v) is 1.31. The summed E-state index contributed by atoms with van der Waals surface area (Å²) in [7, 11) is 0. The van der Waals surface area contributed by atoms with Crippen molar-refractivity contribution >= 4 is 0 Å². The van der Waals surface area contributed by atoms with Gasteiger partial charge in [-0.3, -0.25) is 0 Å². The molecule has 0 bridgehead atoms. The molecule has 0 aliphatic rings. The summed E-state index contributed by atoms with van der Waals surface area (Å²) in [5.74, 6) is -0.357. The average molecular weight is 190 g/mol. The van der Waals surface area contributed by atoms with Gasteiger partial charge in [0.25, 0.3) is 0 Å². The van der Waals surface area contributed by atoms with Gasteiger partial charge in [-0.1, -0.05) is 6.07 Å². The topological polar surface area (TPSA) is 35.2 Å². The Kier molecular flexibility index (Phi) is 2.77. The van der Waals surface area contributed by atoms with Gasteiger partial charge in [-0.2, -0.15) is 0 Å². The Morgan fingerprint density at radius 1 is 1.38 bits per heavy atom. The summed E-state index contributed by atoms with van der Waals surface area (Å²) in [6.45, 7) is 0.267. The van der Waals surface area contributed by atoms with Crippen molar-refractivity contribution in [3.8, 4) is 5.75 Å². The number of alkyl halides is 3. The molecule has 1 aromatic rings. The van der Waals surface area contributed by atoms with Crippen LogP contribution in [0.3, 0.4) is 0 Å². The molecule has 0 unspecified atom stereocenters. The van der Waals surface area contributed by atoms with Crippen molar-refractivity contribution in [1.82, 2.24) is 0 Å². The van der Waals surface area contributed by atoms with Crippen LogP contribution in [0.1, 0.15) is 5.56 Å². The number of ether oxygens (including phenoxy) is 1. The van der Waals surface area contributed by atoms with Gasteiger partial charge in [-0.25, -0.2) is 0 Å². The first-order valence-electron chi connectivity index (χ1n) is 3.48. The van der Waals surface area contributed by atoms with Crippen LogP contribution >= 0.6 is 0 Å². The average Bonchev–Trinajstić information content (AvgIpc) is 2.03. The van der Waals surface area contributed by atoms with Crippen molar-refractivity contribution in [3.05, 3.63) is 29.8 Å². The molecular weight excluding hydrogens is 183 g/mol. The zero-order valence-electron chi connectivity index (χ0n) is 6.56. The van der Waals surface area contributed by atoms with Crippen LogP contribution in [0.15, 0.2) is 18.2 Å². The van der Waals surface area contributed by atoms with E-state index < -0.39 is 6.36 Å². The van der Waals surface area contributed by atoms with Crippen molar-refractivity contribution in [2.24, 2.45) is 5.73 Å². The summed E-state index contributed by atoms with van der Waals surface area (Å²) < 4.78 is 38.6. The Balaban J connectivity index is 2.70. The summed E-state index contributed by atoms with van der Waals surface area (Å²) in [5.41, 5.74) is 5.95. The van der Waals surface area contributed by atoms with Crippen LogP contribution < -0.4 is 10.5 Å². The molecule has 0 aliphatic heterocycles. The number of hydrogen-bond acceptors (Lipinski definition) is 2. The largest absolute Gasteiger partial charge is 0.573 e. The Morgan fingerprint density at radius 2 is 2.08 bits per heavy atom. The van der Waals surface area contributed by atoms with E-state index in [1.807, 2.05) is 0 Å². The van der Waals surface area contributed by atoms with E-state index in [0.717, 1.165) is 0 Å². The molecule has 0 spiro atoms. The number of halogens is 3. The Hall–Kier alpha value is -1.23. The monoisotopic (exact) mass is 190 g/mol. The van der Waals surface area contributed by atoms with Crippen LogP contribution in [0.25, 0.3) is 0 Å². The summed E-state index contributed by atoms with van der Waals surface area (Å²) in [5, 5.41) is 0. The fourth-order valence-corrected chi connectivity index (χ4v) is 0.758. The van der Waals surface area contributed by atoms with Crippen LogP contribution in [0.4, 0.5) is 13.2 Å². The van der Waals surface area contributed by atoms with Gasteiger partial charge in [0.2, 0.25) is 0 Å². The van der Waals surface area contributed by atoms with Crippen molar-refractivity contribution in [1.29, 1.82) is 0 Å². The van der Waals surface area contributed by atoms with E-state index in [0.29, 0.717) is 5.56 Å². The van der Waals surface area contributed by atoms with Gasteiger partial charge >= 0.3 is 6.36 Å². The highest BCUT2D eigenvalue weighted by Gasteiger charge is 2.30. The molecule has 1 rings (SSSR count). The molecule has 2 N–H and O–H groups in total. The maximum atomic E-state index is 11.7. The van der Waals surface area contributed by atoms with Crippen LogP contribution in [-0.4, -0.2) is 6.36 Å². The highest BCUT2D eigenvalue weighted by atomic mass is 19.4. The molecule has 0 fully saturated rings. The molecular formula is C8H7F3NO. The third kappa shape index (κ3) is 3.33. The quantitative estimate of drug-likeness (QED) is 0.772. The number of rotatable bonds is 2. The van der Waals surface area contributed by atoms with Crippen molar-refractivity contribution in [2.45, 2.75) is 12.9 Å². The minimum absolute atomic E-state index is 0.267. The smallest absolute Gasteiger partial charge is 0.405 e. The van der Waals surface area contributed by atoms with Gasteiger partial charge in [0.15, 0.2) is 0 Å². The zero-order chi connectivity index (χ0) is 9.90. The minimum atomic E-state index is -4.67. The lowest BCUT2D eigenvalue weighted by molar-refractivity contribution is -0.274. The molecule has 0 aromatic heterocycles. The van der Waals surface area contributed by atoms with Crippen molar-refractivity contribution in [2.75, 3.05) is 0 Å². The molecule has 0 atom stereocenters. The fraction of sp³-hybridized carbons (Fsp3) is 0.250. The standard InChI is InChI=1S/C8H7F3NO/c9-8(10,11)13-7-3-1-6(5-12)2-4-7/h1-3H,5,12H2. The SMILES string of the molecule is NCc1c[c]c(OC(F)(F)F)cc1. The van der Waals surface area contributed by atoms with Crippen molar-refractivity contribution in [3.63, 3.8) is 0 Å². The van der Waals surface area contributed by atoms with E-state index >= 15 is 0 Å². The maximum absolute atomic E-state index is 11.7. The molecule has 1 aromatic carbocycles. The van der Waals surface area contributed by atoms with Gasteiger partial charge < -0.3 is 10.5 Å². The summed E-state index contributed by atoms with van der Waals surface area (Å²) >= 11 is 0. The van der Waals surface area contributed by atoms with Gasteiger partial charge in [-0.05, 0) is 17.7 Å². The molecule has 71 valence electrons. The van der Waals surface area contributed by atoms with E-state index in [-0.39, 0.29) is 12.3 Å². The van der Waals surface area contributed by atoms with E-state index in [2.05, 4.69) is 10.8 Å². The first-order valence-corrected chi connectivity index (χ1v) is 3.48. The molecule has 0 aliphatic carbocycles. The molecule has 5 heteroatoms. The Labute approximate surface area is 73.1 Å². The normalized spacial score (nSPS) is 11.4. The highest BCUT2D eigenvalue weighted by Crippen LogP contribution is 2.21. The Bertz CT molecular complexity index is 268. The molecule has 0 saturated carbocycles.